The van der Waals surface area contributed by atoms with Gasteiger partial charge >= 0.3 is 17.7 Å². The van der Waals surface area contributed by atoms with E-state index in [9.17, 15) is 44.3 Å². The van der Waals surface area contributed by atoms with E-state index in [0.29, 0.717) is 6.07 Å². The summed E-state index contributed by atoms with van der Waals surface area (Å²) in [5, 5.41) is -1.61. The molecule has 2 rings (SSSR count). The summed E-state index contributed by atoms with van der Waals surface area (Å²) >= 11 is 0. The van der Waals surface area contributed by atoms with Gasteiger partial charge in [0.25, 0.3) is 5.91 Å². The molecule has 0 fully saturated rings. The molecule has 2 N–H and O–H groups in total. The number of imide groups is 1. The number of sulfone groups is 1. The average Bonchev–Trinajstić information content (AvgIpc) is 2.64. The topological polar surface area (TPSA) is 92.3 Å². The molecular weight excluding hydrogens is 454 g/mol. The molecule has 2 aromatic carbocycles. The third kappa shape index (κ3) is 4.50. The number of hydrogen-bond acceptors (Lipinski definition) is 4. The molecule has 0 heterocycles. The summed E-state index contributed by atoms with van der Waals surface area (Å²) < 4.78 is 103. The quantitative estimate of drug-likeness (QED) is 0.645. The van der Waals surface area contributed by atoms with Gasteiger partial charge in [0.05, 0.1) is 4.90 Å². The Kier molecular flexibility index (Phi) is 6.69. The molecule has 0 aliphatic carbocycles. The van der Waals surface area contributed by atoms with Crippen LogP contribution in [0.3, 0.4) is 0 Å². The number of alkyl halides is 4. The predicted octanol–water partition coefficient (Wildman–Crippen LogP) is 4.18. The van der Waals surface area contributed by atoms with E-state index in [2.05, 4.69) is 5.32 Å². The van der Waals surface area contributed by atoms with Gasteiger partial charge in [-0.1, -0.05) is 6.07 Å². The third-order valence-electron chi connectivity index (χ3n) is 4.30. The molecule has 0 aromatic heterocycles. The molecule has 0 aliphatic heterocycles. The molecule has 3 amide bonds. The molecule has 0 bridgehead atoms. The van der Waals surface area contributed by atoms with Gasteiger partial charge in [-0.25, -0.2) is 30.8 Å². The van der Waals surface area contributed by atoms with Crippen LogP contribution in [0.15, 0.2) is 35.2 Å². The van der Waals surface area contributed by atoms with E-state index >= 15 is 0 Å². The summed E-state index contributed by atoms with van der Waals surface area (Å²) in [7, 11) is -5.75. The maximum atomic E-state index is 13.6. The lowest BCUT2D eigenvalue weighted by molar-refractivity contribution is -0.0637. The molecule has 0 unspecified atom stereocenters. The Balaban J connectivity index is 2.29. The van der Waals surface area contributed by atoms with Crippen LogP contribution in [0.4, 0.5) is 36.8 Å². The number of nitrogens with one attached hydrogen (secondary N) is 2. The average molecular weight is 468 g/mol. The highest BCUT2D eigenvalue weighted by molar-refractivity contribution is 7.92. The number of carbonyl (C=O) groups excluding carboxylic acids is 2. The molecule has 0 aliphatic rings. The van der Waals surface area contributed by atoms with Crippen molar-refractivity contribution in [2.45, 2.75) is 30.4 Å². The number of rotatable bonds is 5. The SMILES string of the molecule is Cc1c(NC(=O)NC(=O)c2c(F)cccc2F)ccc(S(=O)(=O)C(F)(F)C(F)F)c1C. The Morgan fingerprint density at radius 3 is 2.03 bits per heavy atom. The predicted molar refractivity (Wildman–Crippen MR) is 96.9 cm³/mol. The van der Waals surface area contributed by atoms with Crippen molar-refractivity contribution in [3.63, 3.8) is 0 Å². The fraction of sp³-hybridized carbons (Fsp3) is 0.222. The fourth-order valence-corrected chi connectivity index (χ4v) is 3.85. The van der Waals surface area contributed by atoms with Crippen molar-refractivity contribution in [3.05, 3.63) is 58.7 Å². The van der Waals surface area contributed by atoms with Crippen LogP contribution in [-0.4, -0.2) is 32.0 Å². The minimum Gasteiger partial charge on any atom is -0.307 e. The minimum atomic E-state index is -5.75. The smallest absolute Gasteiger partial charge is 0.307 e. The lowest BCUT2D eigenvalue weighted by Gasteiger charge is -2.19. The monoisotopic (exact) mass is 468 g/mol. The van der Waals surface area contributed by atoms with Crippen molar-refractivity contribution in [3.8, 4) is 0 Å². The zero-order chi connectivity index (χ0) is 23.7. The number of urea groups is 1. The van der Waals surface area contributed by atoms with E-state index in [1.807, 2.05) is 0 Å². The van der Waals surface area contributed by atoms with Crippen molar-refractivity contribution >= 4 is 27.5 Å². The van der Waals surface area contributed by atoms with Gasteiger partial charge in [0.15, 0.2) is 0 Å². The molecule has 6 nitrogen and oxygen atoms in total. The molecule has 31 heavy (non-hydrogen) atoms. The van der Waals surface area contributed by atoms with Crippen LogP contribution < -0.4 is 10.6 Å². The molecule has 0 saturated carbocycles. The molecule has 0 radical (unpaired) electrons. The van der Waals surface area contributed by atoms with E-state index in [1.165, 1.54) is 6.92 Å². The van der Waals surface area contributed by atoms with Crippen molar-refractivity contribution in [2.24, 2.45) is 0 Å². The maximum Gasteiger partial charge on any atom is 0.408 e. The first kappa shape index (κ1) is 24.2. The largest absolute Gasteiger partial charge is 0.408 e. The normalized spacial score (nSPS) is 12.0. The van der Waals surface area contributed by atoms with Gasteiger partial charge in [0, 0.05) is 5.69 Å². The zero-order valence-electron chi connectivity index (χ0n) is 15.8. The van der Waals surface area contributed by atoms with Crippen LogP contribution in [0.25, 0.3) is 0 Å². The summed E-state index contributed by atoms with van der Waals surface area (Å²) in [4.78, 5) is 22.8. The minimum absolute atomic E-state index is 0.0918. The van der Waals surface area contributed by atoms with Gasteiger partial charge in [-0.3, -0.25) is 10.1 Å². The number of hydrogen-bond donors (Lipinski definition) is 2. The number of carbonyl (C=O) groups is 2. The third-order valence-corrected chi connectivity index (χ3v) is 6.22. The van der Waals surface area contributed by atoms with Gasteiger partial charge in [-0.15, -0.1) is 0 Å². The van der Waals surface area contributed by atoms with Crippen LogP contribution in [0.1, 0.15) is 21.5 Å². The summed E-state index contributed by atoms with van der Waals surface area (Å²) in [6.07, 6.45) is -4.47. The highest BCUT2D eigenvalue weighted by Gasteiger charge is 2.55. The molecule has 2 aromatic rings. The van der Waals surface area contributed by atoms with Crippen LogP contribution in [0.2, 0.25) is 0 Å². The van der Waals surface area contributed by atoms with E-state index in [1.54, 1.807) is 5.32 Å². The maximum absolute atomic E-state index is 13.6. The Labute approximate surface area is 172 Å². The lowest BCUT2D eigenvalue weighted by atomic mass is 10.1. The summed E-state index contributed by atoms with van der Waals surface area (Å²) in [6, 6.07) is 2.73. The van der Waals surface area contributed by atoms with Crippen LogP contribution in [0.5, 0.6) is 0 Å². The molecule has 168 valence electrons. The summed E-state index contributed by atoms with van der Waals surface area (Å²) in [5.74, 6) is -3.88. The van der Waals surface area contributed by atoms with Gasteiger partial charge in [-0.2, -0.15) is 8.78 Å². The first-order valence-corrected chi connectivity index (χ1v) is 9.77. The Hall–Kier alpha value is -3.09. The zero-order valence-corrected chi connectivity index (χ0v) is 16.6. The second kappa shape index (κ2) is 8.57. The van der Waals surface area contributed by atoms with Crippen molar-refractivity contribution in [1.29, 1.82) is 0 Å². The van der Waals surface area contributed by atoms with E-state index in [-0.39, 0.29) is 16.8 Å². The van der Waals surface area contributed by atoms with Crippen LogP contribution in [-0.2, 0) is 9.84 Å². The Morgan fingerprint density at radius 1 is 0.968 bits per heavy atom. The van der Waals surface area contributed by atoms with Crippen molar-refractivity contribution in [1.82, 2.24) is 5.32 Å². The highest BCUT2D eigenvalue weighted by Crippen LogP contribution is 2.37. The van der Waals surface area contributed by atoms with Gasteiger partial charge in [0.2, 0.25) is 9.84 Å². The Bertz CT molecular complexity index is 1130. The summed E-state index contributed by atoms with van der Waals surface area (Å²) in [5.41, 5.74) is -1.65. The Morgan fingerprint density at radius 2 is 1.52 bits per heavy atom. The number of anilines is 1. The second-order valence-corrected chi connectivity index (χ2v) is 8.22. The van der Waals surface area contributed by atoms with E-state index in [0.717, 1.165) is 31.2 Å². The standard InChI is InChI=1S/C18H14F6N2O4S/c1-8-9(2)13(31(29,30)18(23,24)16(21)22)7-6-12(8)25-17(28)26-15(27)14-10(19)4-3-5-11(14)20/h3-7,16H,1-2H3,(H2,25,26,27,28). The van der Waals surface area contributed by atoms with Crippen LogP contribution >= 0.6 is 0 Å². The van der Waals surface area contributed by atoms with E-state index < -0.39 is 55.5 Å². The van der Waals surface area contributed by atoms with Gasteiger partial charge in [-0.05, 0) is 49.2 Å². The first-order valence-electron chi connectivity index (χ1n) is 8.29. The van der Waals surface area contributed by atoms with Crippen LogP contribution in [0, 0.1) is 25.5 Å². The van der Waals surface area contributed by atoms with Gasteiger partial charge in [0.1, 0.15) is 17.2 Å². The molecule has 0 saturated heterocycles. The second-order valence-electron chi connectivity index (χ2n) is 6.23. The lowest BCUT2D eigenvalue weighted by Crippen LogP contribution is -2.37. The number of halogens is 6. The summed E-state index contributed by atoms with van der Waals surface area (Å²) in [6.45, 7) is 2.25. The molecule has 0 spiro atoms. The van der Waals surface area contributed by atoms with Gasteiger partial charge < -0.3 is 5.32 Å². The first-order chi connectivity index (χ1) is 14.2. The number of benzene rings is 2. The van der Waals surface area contributed by atoms with Crippen molar-refractivity contribution in [2.75, 3.05) is 5.32 Å². The highest BCUT2D eigenvalue weighted by atomic mass is 32.2. The molecule has 0 atom stereocenters. The fourth-order valence-electron chi connectivity index (χ4n) is 2.52. The number of amides is 3. The molecule has 13 heteroatoms. The molecular formula is C18H14F6N2O4S. The van der Waals surface area contributed by atoms with E-state index in [4.69, 9.17) is 0 Å². The van der Waals surface area contributed by atoms with Crippen molar-refractivity contribution < 1.29 is 44.3 Å².